The number of hydrogen-bond donors (Lipinski definition) is 0. The third-order valence-corrected chi connectivity index (χ3v) is 4.04. The van der Waals surface area contributed by atoms with Gasteiger partial charge in [-0.2, -0.15) is 0 Å². The van der Waals surface area contributed by atoms with E-state index in [2.05, 4.69) is 11.8 Å². The van der Waals surface area contributed by atoms with Crippen molar-refractivity contribution in [1.82, 2.24) is 4.90 Å². The number of rotatable bonds is 3. The van der Waals surface area contributed by atoms with Crippen LogP contribution in [0.15, 0.2) is 30.3 Å². The van der Waals surface area contributed by atoms with E-state index < -0.39 is 0 Å². The van der Waals surface area contributed by atoms with Crippen molar-refractivity contribution in [3.8, 4) is 0 Å². The van der Waals surface area contributed by atoms with Gasteiger partial charge in [0.1, 0.15) is 0 Å². The van der Waals surface area contributed by atoms with Gasteiger partial charge in [-0.15, -0.1) is 0 Å². The number of nitrogens with zero attached hydrogens (tertiary/aromatic N) is 1. The van der Waals surface area contributed by atoms with Crippen LogP contribution in [0.3, 0.4) is 0 Å². The lowest BCUT2D eigenvalue weighted by Gasteiger charge is -2.26. The number of carbonyl (C=O) groups excluding carboxylic acids is 1. The molecule has 1 aromatic carbocycles. The summed E-state index contributed by atoms with van der Waals surface area (Å²) in [5, 5.41) is 0. The number of hydrogen-bond acceptors (Lipinski definition) is 2. The van der Waals surface area contributed by atoms with E-state index in [0.29, 0.717) is 0 Å². The molecule has 1 fully saturated rings. The van der Waals surface area contributed by atoms with Crippen molar-refractivity contribution < 1.29 is 4.79 Å². The van der Waals surface area contributed by atoms with Crippen LogP contribution < -0.4 is 0 Å². The van der Waals surface area contributed by atoms with Gasteiger partial charge in [-0.1, -0.05) is 37.3 Å². The number of likely N-dealkylation sites (tertiary alicyclic amines) is 1. The molecule has 2 unspecified atom stereocenters. The summed E-state index contributed by atoms with van der Waals surface area (Å²) in [7, 11) is 0. The maximum Gasteiger partial charge on any atom is 0.179 e. The Labute approximate surface area is 110 Å². The molecule has 0 radical (unpaired) electrons. The van der Waals surface area contributed by atoms with Gasteiger partial charge in [-0.25, -0.2) is 0 Å². The molecule has 2 rings (SSSR count). The van der Waals surface area contributed by atoms with Crippen molar-refractivity contribution in [3.05, 3.63) is 35.9 Å². The highest BCUT2D eigenvalue weighted by Crippen LogP contribution is 2.19. The normalized spacial score (nSPS) is 23.3. The molecule has 0 saturated carbocycles. The molecule has 0 bridgehead atoms. The highest BCUT2D eigenvalue weighted by atomic mass is 16.1. The monoisotopic (exact) mass is 245 g/mol. The van der Waals surface area contributed by atoms with Crippen molar-refractivity contribution >= 4 is 5.78 Å². The molecule has 2 heteroatoms. The summed E-state index contributed by atoms with van der Waals surface area (Å²) < 4.78 is 0. The third-order valence-electron chi connectivity index (χ3n) is 4.04. The second-order valence-corrected chi connectivity index (χ2v) is 5.48. The van der Waals surface area contributed by atoms with Crippen LogP contribution in [-0.2, 0) is 0 Å². The minimum Gasteiger partial charge on any atom is -0.293 e. The average Bonchev–Trinajstić information content (AvgIpc) is 2.63. The Morgan fingerprint density at radius 3 is 2.67 bits per heavy atom. The summed E-state index contributed by atoms with van der Waals surface area (Å²) in [4.78, 5) is 14.7. The first-order valence-electron chi connectivity index (χ1n) is 7.02. The van der Waals surface area contributed by atoms with Crippen molar-refractivity contribution in [2.75, 3.05) is 13.1 Å². The molecule has 1 aromatic rings. The molecule has 1 saturated heterocycles. The van der Waals surface area contributed by atoms with Crippen molar-refractivity contribution in [3.63, 3.8) is 0 Å². The van der Waals surface area contributed by atoms with Gasteiger partial charge < -0.3 is 0 Å². The van der Waals surface area contributed by atoms with Gasteiger partial charge in [0.2, 0.25) is 0 Å². The fraction of sp³-hybridized carbons (Fsp3) is 0.562. The zero-order valence-corrected chi connectivity index (χ0v) is 11.4. The summed E-state index contributed by atoms with van der Waals surface area (Å²) >= 11 is 0. The second-order valence-electron chi connectivity index (χ2n) is 5.48. The van der Waals surface area contributed by atoms with Crippen LogP contribution in [0.25, 0.3) is 0 Å². The minimum absolute atomic E-state index is 0.0118. The molecular weight excluding hydrogens is 222 g/mol. The van der Waals surface area contributed by atoms with Gasteiger partial charge in [0.15, 0.2) is 5.78 Å². The van der Waals surface area contributed by atoms with Gasteiger partial charge >= 0.3 is 0 Å². The van der Waals surface area contributed by atoms with Crippen molar-refractivity contribution in [1.29, 1.82) is 0 Å². The summed E-state index contributed by atoms with van der Waals surface area (Å²) in [6.45, 7) is 6.48. The van der Waals surface area contributed by atoms with Crippen LogP contribution in [0.4, 0.5) is 0 Å². The van der Waals surface area contributed by atoms with Crippen molar-refractivity contribution in [2.45, 2.75) is 39.2 Å². The quantitative estimate of drug-likeness (QED) is 0.761. The van der Waals surface area contributed by atoms with E-state index in [9.17, 15) is 4.79 Å². The van der Waals surface area contributed by atoms with E-state index >= 15 is 0 Å². The molecule has 0 spiro atoms. The summed E-state index contributed by atoms with van der Waals surface area (Å²) in [6.07, 6.45) is 3.72. The Hall–Kier alpha value is -1.15. The lowest BCUT2D eigenvalue weighted by atomic mass is 10.0. The summed E-state index contributed by atoms with van der Waals surface area (Å²) in [5.41, 5.74) is 0.835. The Morgan fingerprint density at radius 2 is 1.94 bits per heavy atom. The molecule has 18 heavy (non-hydrogen) atoms. The molecule has 1 aliphatic rings. The van der Waals surface area contributed by atoms with E-state index in [0.717, 1.165) is 24.6 Å². The Kier molecular flexibility index (Phi) is 4.54. The molecule has 98 valence electrons. The summed E-state index contributed by atoms with van der Waals surface area (Å²) in [6, 6.07) is 9.67. The van der Waals surface area contributed by atoms with E-state index in [1.807, 2.05) is 37.3 Å². The van der Waals surface area contributed by atoms with E-state index in [1.165, 1.54) is 19.3 Å². The number of benzene rings is 1. The van der Waals surface area contributed by atoms with Crippen LogP contribution in [-0.4, -0.2) is 29.8 Å². The van der Waals surface area contributed by atoms with Gasteiger partial charge in [-0.3, -0.25) is 9.69 Å². The van der Waals surface area contributed by atoms with Crippen LogP contribution in [0.5, 0.6) is 0 Å². The SMILES string of the molecule is CC1CCCN(C(C)C(=O)c2ccccc2)CC1. The lowest BCUT2D eigenvalue weighted by molar-refractivity contribution is 0.0841. The van der Waals surface area contributed by atoms with Gasteiger partial charge in [0, 0.05) is 5.56 Å². The second kappa shape index (κ2) is 6.14. The fourth-order valence-corrected chi connectivity index (χ4v) is 2.68. The molecular formula is C16H23NO. The molecule has 0 aromatic heterocycles. The smallest absolute Gasteiger partial charge is 0.179 e. The van der Waals surface area contributed by atoms with Crippen LogP contribution in [0.1, 0.15) is 43.5 Å². The van der Waals surface area contributed by atoms with Crippen LogP contribution in [0, 0.1) is 5.92 Å². The standard InChI is InChI=1S/C16H23NO/c1-13-7-6-11-17(12-10-13)14(2)16(18)15-8-4-3-5-9-15/h3-5,8-9,13-14H,6-7,10-12H2,1-2H3. The van der Waals surface area contributed by atoms with Gasteiger partial charge in [0.25, 0.3) is 0 Å². The third kappa shape index (κ3) is 3.20. The zero-order chi connectivity index (χ0) is 13.0. The van der Waals surface area contributed by atoms with E-state index in [-0.39, 0.29) is 11.8 Å². The Balaban J connectivity index is 2.02. The highest BCUT2D eigenvalue weighted by Gasteiger charge is 2.24. The highest BCUT2D eigenvalue weighted by molar-refractivity contribution is 5.99. The van der Waals surface area contributed by atoms with Crippen molar-refractivity contribution in [2.24, 2.45) is 5.92 Å². The first kappa shape index (κ1) is 13.3. The molecule has 0 N–H and O–H groups in total. The average molecular weight is 245 g/mol. The van der Waals surface area contributed by atoms with Crippen LogP contribution >= 0.6 is 0 Å². The number of carbonyl (C=O) groups is 1. The Bertz CT molecular complexity index is 387. The minimum atomic E-state index is 0.0118. The zero-order valence-electron chi connectivity index (χ0n) is 11.4. The number of ketones is 1. The van der Waals surface area contributed by atoms with Crippen LogP contribution in [0.2, 0.25) is 0 Å². The van der Waals surface area contributed by atoms with E-state index in [1.54, 1.807) is 0 Å². The number of Topliss-reactive ketones (excluding diaryl/α,β-unsaturated/α-hetero) is 1. The first-order chi connectivity index (χ1) is 8.68. The molecule has 0 amide bonds. The van der Waals surface area contributed by atoms with Gasteiger partial charge in [-0.05, 0) is 45.2 Å². The lowest BCUT2D eigenvalue weighted by Crippen LogP contribution is -2.39. The first-order valence-corrected chi connectivity index (χ1v) is 7.02. The van der Waals surface area contributed by atoms with Gasteiger partial charge in [0.05, 0.1) is 6.04 Å². The van der Waals surface area contributed by atoms with E-state index in [4.69, 9.17) is 0 Å². The topological polar surface area (TPSA) is 20.3 Å². The molecule has 2 atom stereocenters. The maximum absolute atomic E-state index is 12.4. The molecule has 1 heterocycles. The predicted molar refractivity (Wildman–Crippen MR) is 74.8 cm³/mol. The Morgan fingerprint density at radius 1 is 1.22 bits per heavy atom. The summed E-state index contributed by atoms with van der Waals surface area (Å²) in [5.74, 6) is 1.05. The molecule has 0 aliphatic carbocycles. The molecule has 1 aliphatic heterocycles. The fourth-order valence-electron chi connectivity index (χ4n) is 2.68. The predicted octanol–water partition coefficient (Wildman–Crippen LogP) is 3.38. The molecule has 2 nitrogen and oxygen atoms in total. The maximum atomic E-state index is 12.4. The largest absolute Gasteiger partial charge is 0.293 e.